The van der Waals surface area contributed by atoms with Gasteiger partial charge in [0.25, 0.3) is 5.56 Å². The third-order valence-electron chi connectivity index (χ3n) is 6.87. The van der Waals surface area contributed by atoms with Gasteiger partial charge in [-0.25, -0.2) is 9.78 Å². The number of rotatable bonds is 6. The first-order valence-electron chi connectivity index (χ1n) is 13.0. The Morgan fingerprint density at radius 1 is 1.03 bits per heavy atom. The zero-order chi connectivity index (χ0) is 27.5. The molecular formula is C30H31N5O4. The van der Waals surface area contributed by atoms with Crippen LogP contribution in [0.2, 0.25) is 0 Å². The van der Waals surface area contributed by atoms with Crippen molar-refractivity contribution in [3.05, 3.63) is 104 Å². The molecule has 0 radical (unpaired) electrons. The Bertz CT molecular complexity index is 1640. The molecule has 1 saturated heterocycles. The van der Waals surface area contributed by atoms with E-state index >= 15 is 0 Å². The smallest absolute Gasteiger partial charge is 0.329 e. The van der Waals surface area contributed by atoms with E-state index in [4.69, 9.17) is 0 Å². The van der Waals surface area contributed by atoms with Crippen LogP contribution in [0.5, 0.6) is 5.75 Å². The fourth-order valence-corrected chi connectivity index (χ4v) is 4.82. The van der Waals surface area contributed by atoms with E-state index in [-0.39, 0.29) is 30.1 Å². The highest BCUT2D eigenvalue weighted by Crippen LogP contribution is 2.23. The number of likely N-dealkylation sites (tertiary alicyclic amines) is 1. The lowest BCUT2D eigenvalue weighted by Gasteiger charge is -2.14. The molecule has 4 aromatic rings. The first-order chi connectivity index (χ1) is 18.8. The van der Waals surface area contributed by atoms with Crippen LogP contribution in [-0.2, 0) is 13.1 Å². The minimum absolute atomic E-state index is 0.0242. The van der Waals surface area contributed by atoms with Crippen molar-refractivity contribution in [3.63, 3.8) is 0 Å². The standard InChI is InChI=1S/C30H31N5O4/c1-20(2)35-27(18-34(30(35)39)17-26-28(37)29(38)32-19-31-26)24-11-9-22(10-12-24)4-3-21-5-7-23(8-6-21)15-33-14-13-25(36)16-33/h5-12,18-20,25,36-37H,13-17H2,1-2H3,(H,31,32,38). The molecule has 9 nitrogen and oxygen atoms in total. The molecule has 1 aliphatic heterocycles. The normalized spacial score (nSPS) is 15.4. The molecule has 1 fully saturated rings. The number of aromatic hydroxyl groups is 1. The first-order valence-corrected chi connectivity index (χ1v) is 13.0. The summed E-state index contributed by atoms with van der Waals surface area (Å²) in [5.74, 6) is 5.91. The highest BCUT2D eigenvalue weighted by atomic mass is 16.3. The largest absolute Gasteiger partial charge is 0.502 e. The van der Waals surface area contributed by atoms with Crippen LogP contribution in [0.4, 0.5) is 0 Å². The van der Waals surface area contributed by atoms with E-state index in [2.05, 4.69) is 38.8 Å². The molecule has 39 heavy (non-hydrogen) atoms. The Hall–Kier alpha value is -4.39. The molecule has 0 amide bonds. The molecule has 1 aliphatic rings. The second kappa shape index (κ2) is 11.2. The zero-order valence-electron chi connectivity index (χ0n) is 22.0. The summed E-state index contributed by atoms with van der Waals surface area (Å²) in [7, 11) is 0. The zero-order valence-corrected chi connectivity index (χ0v) is 22.0. The van der Waals surface area contributed by atoms with Gasteiger partial charge in [0.05, 0.1) is 24.7 Å². The molecule has 200 valence electrons. The topological polar surface area (TPSA) is 116 Å². The molecule has 0 spiro atoms. The highest BCUT2D eigenvalue weighted by molar-refractivity contribution is 5.61. The van der Waals surface area contributed by atoms with Crippen LogP contribution in [0, 0.1) is 11.8 Å². The Kier molecular flexibility index (Phi) is 7.50. The monoisotopic (exact) mass is 525 g/mol. The van der Waals surface area contributed by atoms with Crippen molar-refractivity contribution in [3.8, 4) is 28.8 Å². The average Bonchev–Trinajstić information content (AvgIpc) is 3.48. The molecule has 5 rings (SSSR count). The molecule has 0 aliphatic carbocycles. The lowest BCUT2D eigenvalue weighted by molar-refractivity contribution is 0.175. The van der Waals surface area contributed by atoms with E-state index in [1.807, 2.05) is 50.2 Å². The molecule has 0 saturated carbocycles. The van der Waals surface area contributed by atoms with Crippen LogP contribution in [0.15, 0.2) is 70.6 Å². The van der Waals surface area contributed by atoms with Crippen molar-refractivity contribution >= 4 is 0 Å². The van der Waals surface area contributed by atoms with E-state index in [1.165, 1.54) is 16.5 Å². The lowest BCUT2D eigenvalue weighted by Crippen LogP contribution is -2.27. The number of nitrogens with one attached hydrogen (secondary N) is 1. The summed E-state index contributed by atoms with van der Waals surface area (Å²) >= 11 is 0. The van der Waals surface area contributed by atoms with Gasteiger partial charge in [-0.1, -0.05) is 36.1 Å². The predicted molar refractivity (Wildman–Crippen MR) is 148 cm³/mol. The first kappa shape index (κ1) is 26.2. The molecule has 2 aromatic carbocycles. The number of H-pyrrole nitrogens is 1. The second-order valence-corrected chi connectivity index (χ2v) is 10.1. The van der Waals surface area contributed by atoms with Crippen molar-refractivity contribution < 1.29 is 10.2 Å². The predicted octanol–water partition coefficient (Wildman–Crippen LogP) is 2.70. The number of benzene rings is 2. The number of aliphatic hydroxyl groups excluding tert-OH is 1. The van der Waals surface area contributed by atoms with Gasteiger partial charge in [0.2, 0.25) is 5.75 Å². The minimum atomic E-state index is -0.646. The molecule has 1 unspecified atom stereocenters. The van der Waals surface area contributed by atoms with E-state index < -0.39 is 11.3 Å². The van der Waals surface area contributed by atoms with Crippen molar-refractivity contribution in [1.29, 1.82) is 0 Å². The fourth-order valence-electron chi connectivity index (χ4n) is 4.82. The molecule has 3 N–H and O–H groups in total. The van der Waals surface area contributed by atoms with Crippen LogP contribution in [0.1, 0.15) is 48.7 Å². The van der Waals surface area contributed by atoms with Gasteiger partial charge >= 0.3 is 5.69 Å². The summed E-state index contributed by atoms with van der Waals surface area (Å²) in [6.07, 6.45) is 3.54. The molecule has 3 heterocycles. The Labute approximate surface area is 226 Å². The summed E-state index contributed by atoms with van der Waals surface area (Å²) in [4.78, 5) is 33.5. The number of imidazole rings is 1. The molecule has 2 aromatic heterocycles. The number of aliphatic hydroxyl groups is 1. The molecule has 9 heteroatoms. The van der Waals surface area contributed by atoms with Gasteiger partial charge in [0, 0.05) is 43.0 Å². The van der Waals surface area contributed by atoms with Gasteiger partial charge in [-0.2, -0.15) is 0 Å². The number of hydrogen-bond donors (Lipinski definition) is 3. The Morgan fingerprint density at radius 3 is 2.31 bits per heavy atom. The molecule has 0 bridgehead atoms. The van der Waals surface area contributed by atoms with Crippen LogP contribution in [-0.4, -0.2) is 53.4 Å². The summed E-state index contributed by atoms with van der Waals surface area (Å²) in [5.41, 5.74) is 3.77. The number of nitrogens with zero attached hydrogens (tertiary/aromatic N) is 4. The van der Waals surface area contributed by atoms with Crippen LogP contribution < -0.4 is 11.2 Å². The number of β-amino-alcohol motifs (C(OH)–C–C–N with tert-alkyl or cyclic N) is 1. The quantitative estimate of drug-likeness (QED) is 0.334. The summed E-state index contributed by atoms with van der Waals surface area (Å²) in [5, 5.41) is 19.8. The van der Waals surface area contributed by atoms with Crippen LogP contribution >= 0.6 is 0 Å². The molecular weight excluding hydrogens is 494 g/mol. The molecule has 1 atom stereocenters. The Morgan fingerprint density at radius 2 is 1.69 bits per heavy atom. The number of aromatic nitrogens is 4. The average molecular weight is 526 g/mol. The van der Waals surface area contributed by atoms with Crippen LogP contribution in [0.25, 0.3) is 11.3 Å². The van der Waals surface area contributed by atoms with Gasteiger partial charge < -0.3 is 15.2 Å². The number of aromatic amines is 1. The van der Waals surface area contributed by atoms with E-state index in [0.717, 1.165) is 48.4 Å². The van der Waals surface area contributed by atoms with Crippen molar-refractivity contribution in [2.24, 2.45) is 0 Å². The van der Waals surface area contributed by atoms with Gasteiger partial charge in [0.15, 0.2) is 0 Å². The summed E-state index contributed by atoms with van der Waals surface area (Å²) < 4.78 is 3.12. The fraction of sp³-hybridized carbons (Fsp3) is 0.300. The van der Waals surface area contributed by atoms with Crippen molar-refractivity contribution in [1.82, 2.24) is 24.0 Å². The van der Waals surface area contributed by atoms with Crippen molar-refractivity contribution in [2.75, 3.05) is 13.1 Å². The van der Waals surface area contributed by atoms with Crippen LogP contribution in [0.3, 0.4) is 0 Å². The summed E-state index contributed by atoms with van der Waals surface area (Å²) in [6, 6.07) is 15.8. The van der Waals surface area contributed by atoms with Gasteiger partial charge in [-0.05, 0) is 55.7 Å². The maximum Gasteiger partial charge on any atom is 0.329 e. The third-order valence-corrected chi connectivity index (χ3v) is 6.87. The van der Waals surface area contributed by atoms with E-state index in [0.29, 0.717) is 0 Å². The van der Waals surface area contributed by atoms with Gasteiger partial charge in [-0.3, -0.25) is 18.8 Å². The van der Waals surface area contributed by atoms with Gasteiger partial charge in [-0.15, -0.1) is 0 Å². The lowest BCUT2D eigenvalue weighted by atomic mass is 10.1. The maximum absolute atomic E-state index is 13.2. The second-order valence-electron chi connectivity index (χ2n) is 10.1. The van der Waals surface area contributed by atoms with Crippen molar-refractivity contribution in [2.45, 2.75) is 45.5 Å². The van der Waals surface area contributed by atoms with Gasteiger partial charge in [0.1, 0.15) is 5.69 Å². The SMILES string of the molecule is CC(C)n1c(-c2ccc(C#Cc3ccc(CN4CCC(O)C4)cc3)cc2)cn(Cc2nc[nH]c(=O)c2O)c1=O. The number of hydrogen-bond acceptors (Lipinski definition) is 6. The van der Waals surface area contributed by atoms with E-state index in [9.17, 15) is 19.8 Å². The maximum atomic E-state index is 13.2. The Balaban J connectivity index is 1.33. The summed E-state index contributed by atoms with van der Waals surface area (Å²) in [6.45, 7) is 6.31. The highest BCUT2D eigenvalue weighted by Gasteiger charge is 2.20. The minimum Gasteiger partial charge on any atom is -0.502 e. The van der Waals surface area contributed by atoms with E-state index in [1.54, 1.807) is 10.8 Å². The third kappa shape index (κ3) is 5.87.